The summed E-state index contributed by atoms with van der Waals surface area (Å²) in [5, 5.41) is 12.4. The Kier molecular flexibility index (Phi) is 3.50. The third kappa shape index (κ3) is 2.69. The van der Waals surface area contributed by atoms with Crippen molar-refractivity contribution in [3.8, 4) is 5.75 Å². The first kappa shape index (κ1) is 13.8. The number of benzene rings is 1. The Balaban J connectivity index is 1.66. The lowest BCUT2D eigenvalue weighted by atomic mass is 10.1. The van der Waals surface area contributed by atoms with Gasteiger partial charge in [-0.1, -0.05) is 0 Å². The molecular weight excluding hydrogens is 277 g/mol. The molecule has 0 aromatic heterocycles. The van der Waals surface area contributed by atoms with Crippen molar-refractivity contribution in [2.45, 2.75) is 6.04 Å². The quantitative estimate of drug-likeness (QED) is 0.792. The van der Waals surface area contributed by atoms with Crippen LogP contribution >= 0.6 is 0 Å². The van der Waals surface area contributed by atoms with E-state index in [0.29, 0.717) is 26.2 Å². The van der Waals surface area contributed by atoms with E-state index in [9.17, 15) is 19.1 Å². The SMILES string of the molecule is O=C(CN1CCN2C(=O)NCC2C1)c1cc(F)ccc1O. The molecule has 0 bridgehead atoms. The highest BCUT2D eigenvalue weighted by molar-refractivity contribution is 6.00. The van der Waals surface area contributed by atoms with Gasteiger partial charge in [0.15, 0.2) is 5.78 Å². The first-order valence-electron chi connectivity index (χ1n) is 6.83. The van der Waals surface area contributed by atoms with Gasteiger partial charge in [-0.15, -0.1) is 0 Å². The molecule has 2 fully saturated rings. The highest BCUT2D eigenvalue weighted by Gasteiger charge is 2.35. The third-order valence-corrected chi connectivity index (χ3v) is 3.94. The van der Waals surface area contributed by atoms with Crippen LogP contribution < -0.4 is 5.32 Å². The van der Waals surface area contributed by atoms with Crippen molar-refractivity contribution < 1.29 is 19.1 Å². The van der Waals surface area contributed by atoms with Gasteiger partial charge in [0.2, 0.25) is 0 Å². The molecule has 1 aromatic carbocycles. The Morgan fingerprint density at radius 3 is 3.05 bits per heavy atom. The molecule has 0 radical (unpaired) electrons. The molecule has 21 heavy (non-hydrogen) atoms. The van der Waals surface area contributed by atoms with Gasteiger partial charge in [-0.3, -0.25) is 9.69 Å². The number of phenols is 1. The van der Waals surface area contributed by atoms with E-state index in [1.165, 1.54) is 6.07 Å². The summed E-state index contributed by atoms with van der Waals surface area (Å²) < 4.78 is 13.2. The van der Waals surface area contributed by atoms with Crippen LogP contribution in [0.5, 0.6) is 5.75 Å². The molecular formula is C14H16FN3O3. The topological polar surface area (TPSA) is 72.9 Å². The molecule has 112 valence electrons. The number of hydrogen-bond acceptors (Lipinski definition) is 4. The third-order valence-electron chi connectivity index (χ3n) is 3.94. The van der Waals surface area contributed by atoms with Gasteiger partial charge in [-0.05, 0) is 18.2 Å². The number of hydrogen-bond donors (Lipinski definition) is 2. The van der Waals surface area contributed by atoms with Gasteiger partial charge in [-0.2, -0.15) is 0 Å². The molecule has 0 saturated carbocycles. The smallest absolute Gasteiger partial charge is 0.317 e. The lowest BCUT2D eigenvalue weighted by Crippen LogP contribution is -2.53. The molecule has 7 heteroatoms. The van der Waals surface area contributed by atoms with Crippen molar-refractivity contribution in [3.63, 3.8) is 0 Å². The van der Waals surface area contributed by atoms with Gasteiger partial charge in [0, 0.05) is 26.2 Å². The van der Waals surface area contributed by atoms with Crippen molar-refractivity contribution in [1.82, 2.24) is 15.1 Å². The maximum Gasteiger partial charge on any atom is 0.317 e. The van der Waals surface area contributed by atoms with E-state index in [2.05, 4.69) is 5.32 Å². The molecule has 2 saturated heterocycles. The molecule has 1 aromatic rings. The first-order chi connectivity index (χ1) is 10.0. The normalized spacial score (nSPS) is 22.0. The summed E-state index contributed by atoms with van der Waals surface area (Å²) in [6, 6.07) is 3.35. The molecule has 2 aliphatic heterocycles. The van der Waals surface area contributed by atoms with Crippen LogP contribution in [0.25, 0.3) is 0 Å². The average Bonchev–Trinajstić information content (AvgIpc) is 2.82. The molecule has 1 atom stereocenters. The summed E-state index contributed by atoms with van der Waals surface area (Å²) in [7, 11) is 0. The number of piperazine rings is 1. The predicted molar refractivity (Wildman–Crippen MR) is 72.7 cm³/mol. The summed E-state index contributed by atoms with van der Waals surface area (Å²) in [4.78, 5) is 27.4. The molecule has 1 unspecified atom stereocenters. The number of ketones is 1. The van der Waals surface area contributed by atoms with E-state index >= 15 is 0 Å². The maximum atomic E-state index is 13.2. The van der Waals surface area contributed by atoms with Crippen LogP contribution in [0.1, 0.15) is 10.4 Å². The zero-order chi connectivity index (χ0) is 15.0. The highest BCUT2D eigenvalue weighted by atomic mass is 19.1. The number of halogens is 1. The van der Waals surface area contributed by atoms with E-state index in [-0.39, 0.29) is 35.7 Å². The highest BCUT2D eigenvalue weighted by Crippen LogP contribution is 2.20. The number of Topliss-reactive ketones (excluding diaryl/α,β-unsaturated/α-hetero) is 1. The van der Waals surface area contributed by atoms with E-state index in [4.69, 9.17) is 0 Å². The fourth-order valence-corrected chi connectivity index (χ4v) is 2.83. The van der Waals surface area contributed by atoms with E-state index in [1.54, 1.807) is 4.90 Å². The number of urea groups is 1. The number of nitrogens with one attached hydrogen (secondary N) is 1. The summed E-state index contributed by atoms with van der Waals surface area (Å²) in [5.41, 5.74) is -0.00180. The van der Waals surface area contributed by atoms with E-state index < -0.39 is 5.82 Å². The molecule has 0 aliphatic carbocycles. The van der Waals surface area contributed by atoms with Crippen LogP contribution in [0.15, 0.2) is 18.2 Å². The largest absolute Gasteiger partial charge is 0.507 e. The Labute approximate surface area is 121 Å². The lowest BCUT2D eigenvalue weighted by Gasteiger charge is -2.35. The van der Waals surface area contributed by atoms with Crippen LogP contribution in [-0.2, 0) is 0 Å². The minimum absolute atomic E-state index is 0.00180. The zero-order valence-corrected chi connectivity index (χ0v) is 11.4. The van der Waals surface area contributed by atoms with Gasteiger partial charge in [0.05, 0.1) is 18.2 Å². The molecule has 2 N–H and O–H groups in total. The summed E-state index contributed by atoms with van der Waals surface area (Å²) >= 11 is 0. The minimum atomic E-state index is -0.549. The Morgan fingerprint density at radius 1 is 1.43 bits per heavy atom. The summed E-state index contributed by atoms with van der Waals surface area (Å²) in [6.07, 6.45) is 0. The van der Waals surface area contributed by atoms with Crippen molar-refractivity contribution in [2.75, 3.05) is 32.7 Å². The van der Waals surface area contributed by atoms with Gasteiger partial charge in [0.25, 0.3) is 0 Å². The number of rotatable bonds is 3. The fourth-order valence-electron chi connectivity index (χ4n) is 2.83. The number of amides is 2. The van der Waals surface area contributed by atoms with Crippen LogP contribution in [-0.4, -0.2) is 65.5 Å². The number of carbonyl (C=O) groups excluding carboxylic acids is 2. The van der Waals surface area contributed by atoms with Crippen molar-refractivity contribution >= 4 is 11.8 Å². The predicted octanol–water partition coefficient (Wildman–Crippen LogP) is 0.423. The Bertz CT molecular complexity index is 593. The second-order valence-corrected chi connectivity index (χ2v) is 5.35. The molecule has 2 aliphatic rings. The molecule has 3 rings (SSSR count). The van der Waals surface area contributed by atoms with Crippen LogP contribution in [0.3, 0.4) is 0 Å². The lowest BCUT2D eigenvalue weighted by molar-refractivity contribution is 0.0835. The molecule has 2 amide bonds. The number of fused-ring (bicyclic) bond motifs is 1. The van der Waals surface area contributed by atoms with E-state index in [0.717, 1.165) is 12.1 Å². The molecule has 2 heterocycles. The zero-order valence-electron chi connectivity index (χ0n) is 11.4. The average molecular weight is 293 g/mol. The van der Waals surface area contributed by atoms with Crippen LogP contribution in [0.4, 0.5) is 9.18 Å². The second-order valence-electron chi connectivity index (χ2n) is 5.35. The summed E-state index contributed by atoms with van der Waals surface area (Å²) in [6.45, 7) is 2.44. The standard InChI is InChI=1S/C14H16FN3O3/c15-9-1-2-12(19)11(5-9)13(20)8-17-3-4-18-10(7-17)6-16-14(18)21/h1-2,5,10,19H,3-4,6-8H2,(H,16,21). The van der Waals surface area contributed by atoms with Crippen LogP contribution in [0, 0.1) is 5.82 Å². The van der Waals surface area contributed by atoms with Crippen molar-refractivity contribution in [2.24, 2.45) is 0 Å². The maximum absolute atomic E-state index is 13.2. The Hall–Kier alpha value is -2.15. The second kappa shape index (κ2) is 5.33. The van der Waals surface area contributed by atoms with Crippen molar-refractivity contribution in [1.29, 1.82) is 0 Å². The molecule has 0 spiro atoms. The molecule has 6 nitrogen and oxygen atoms in total. The summed E-state index contributed by atoms with van der Waals surface area (Å²) in [5.74, 6) is -1.08. The number of aromatic hydroxyl groups is 1. The van der Waals surface area contributed by atoms with Gasteiger partial charge < -0.3 is 15.3 Å². The minimum Gasteiger partial charge on any atom is -0.507 e. The Morgan fingerprint density at radius 2 is 2.24 bits per heavy atom. The fraction of sp³-hybridized carbons (Fsp3) is 0.429. The number of nitrogens with zero attached hydrogens (tertiary/aromatic N) is 2. The first-order valence-corrected chi connectivity index (χ1v) is 6.83. The number of carbonyl (C=O) groups is 2. The van der Waals surface area contributed by atoms with Gasteiger partial charge in [-0.25, -0.2) is 9.18 Å². The number of phenolic OH excluding ortho intramolecular Hbond substituents is 1. The van der Waals surface area contributed by atoms with Gasteiger partial charge >= 0.3 is 6.03 Å². The van der Waals surface area contributed by atoms with E-state index in [1.807, 2.05) is 4.90 Å². The van der Waals surface area contributed by atoms with Gasteiger partial charge in [0.1, 0.15) is 11.6 Å². The van der Waals surface area contributed by atoms with Crippen LogP contribution in [0.2, 0.25) is 0 Å². The van der Waals surface area contributed by atoms with Crippen molar-refractivity contribution in [3.05, 3.63) is 29.6 Å². The monoisotopic (exact) mass is 293 g/mol.